The molecule has 0 spiro atoms. The van der Waals surface area contributed by atoms with Gasteiger partial charge in [0.2, 0.25) is 5.91 Å². The molecule has 0 aliphatic carbocycles. The molecule has 0 heterocycles. The second-order valence-electron chi connectivity index (χ2n) is 3.60. The van der Waals surface area contributed by atoms with Crippen LogP contribution in [-0.4, -0.2) is 19.0 Å². The van der Waals surface area contributed by atoms with Crippen LogP contribution in [0.1, 0.15) is 27.2 Å². The highest BCUT2D eigenvalue weighted by atomic mass is 16.1. The third-order valence-electron chi connectivity index (χ3n) is 1.84. The number of hydrogen-bond acceptors (Lipinski definition) is 2. The van der Waals surface area contributed by atoms with Crippen molar-refractivity contribution in [3.63, 3.8) is 0 Å². The Hall–Kier alpha value is -1.01. The largest absolute Gasteiger partial charge is 0.369 e. The first-order valence-electron chi connectivity index (χ1n) is 4.41. The van der Waals surface area contributed by atoms with Gasteiger partial charge in [0.25, 0.3) is 0 Å². The standard InChI is InChI=1S/C10H18N2O/c1-4-5-6-7-12-8-10(2,3)9(11)13/h12H,6-8H2,1-3H3,(H2,11,13). The molecule has 0 aliphatic heterocycles. The third kappa shape index (κ3) is 5.26. The van der Waals surface area contributed by atoms with E-state index in [1.165, 1.54) is 0 Å². The normalized spacial score (nSPS) is 10.4. The molecule has 3 nitrogen and oxygen atoms in total. The Morgan fingerprint density at radius 2 is 2.15 bits per heavy atom. The predicted octanol–water partition coefficient (Wildman–Crippen LogP) is 0.501. The van der Waals surface area contributed by atoms with E-state index >= 15 is 0 Å². The Morgan fingerprint density at radius 3 is 2.62 bits per heavy atom. The fourth-order valence-corrected chi connectivity index (χ4v) is 0.764. The zero-order chi connectivity index (χ0) is 10.3. The summed E-state index contributed by atoms with van der Waals surface area (Å²) < 4.78 is 0. The zero-order valence-electron chi connectivity index (χ0n) is 8.61. The minimum absolute atomic E-state index is 0.276. The van der Waals surface area contributed by atoms with E-state index in [1.807, 2.05) is 20.8 Å². The van der Waals surface area contributed by atoms with Crippen molar-refractivity contribution in [2.75, 3.05) is 13.1 Å². The van der Waals surface area contributed by atoms with Gasteiger partial charge in [0.1, 0.15) is 0 Å². The Labute approximate surface area is 80.1 Å². The molecule has 74 valence electrons. The number of nitrogens with one attached hydrogen (secondary N) is 1. The summed E-state index contributed by atoms with van der Waals surface area (Å²) >= 11 is 0. The summed E-state index contributed by atoms with van der Waals surface area (Å²) in [5.41, 5.74) is 4.73. The van der Waals surface area contributed by atoms with Crippen molar-refractivity contribution in [2.45, 2.75) is 27.2 Å². The monoisotopic (exact) mass is 182 g/mol. The van der Waals surface area contributed by atoms with Gasteiger partial charge in [0, 0.05) is 19.5 Å². The van der Waals surface area contributed by atoms with Gasteiger partial charge in [-0.05, 0) is 20.8 Å². The number of primary amides is 1. The average molecular weight is 182 g/mol. The fourth-order valence-electron chi connectivity index (χ4n) is 0.764. The Balaban J connectivity index is 3.62. The number of carbonyl (C=O) groups is 1. The summed E-state index contributed by atoms with van der Waals surface area (Å²) in [5, 5.41) is 3.14. The van der Waals surface area contributed by atoms with Crippen molar-refractivity contribution in [2.24, 2.45) is 11.1 Å². The van der Waals surface area contributed by atoms with Crippen molar-refractivity contribution < 1.29 is 4.79 Å². The Kier molecular flexibility index (Phi) is 5.17. The molecular formula is C10H18N2O. The van der Waals surface area contributed by atoms with Crippen LogP contribution in [0.25, 0.3) is 0 Å². The van der Waals surface area contributed by atoms with Crippen LogP contribution < -0.4 is 11.1 Å². The zero-order valence-corrected chi connectivity index (χ0v) is 8.61. The third-order valence-corrected chi connectivity index (χ3v) is 1.84. The summed E-state index contributed by atoms with van der Waals surface area (Å²) in [6.45, 7) is 6.88. The summed E-state index contributed by atoms with van der Waals surface area (Å²) in [5.74, 6) is 5.47. The predicted molar refractivity (Wildman–Crippen MR) is 53.9 cm³/mol. The van der Waals surface area contributed by atoms with E-state index in [-0.39, 0.29) is 5.91 Å². The summed E-state index contributed by atoms with van der Waals surface area (Å²) in [6.07, 6.45) is 0.811. The molecule has 0 aliphatic rings. The lowest BCUT2D eigenvalue weighted by molar-refractivity contribution is -0.125. The second-order valence-corrected chi connectivity index (χ2v) is 3.60. The average Bonchev–Trinajstić information content (AvgIpc) is 2.03. The molecule has 0 saturated heterocycles. The van der Waals surface area contributed by atoms with Crippen molar-refractivity contribution in [1.29, 1.82) is 0 Å². The molecule has 0 rings (SSSR count). The van der Waals surface area contributed by atoms with Gasteiger partial charge in [-0.2, -0.15) is 0 Å². The number of hydrogen-bond donors (Lipinski definition) is 2. The van der Waals surface area contributed by atoms with Gasteiger partial charge in [0.15, 0.2) is 0 Å². The fraction of sp³-hybridized carbons (Fsp3) is 0.700. The maximum atomic E-state index is 10.9. The van der Waals surface area contributed by atoms with E-state index in [0.717, 1.165) is 13.0 Å². The first-order valence-corrected chi connectivity index (χ1v) is 4.41. The second kappa shape index (κ2) is 5.60. The maximum Gasteiger partial charge on any atom is 0.224 e. The first-order chi connectivity index (χ1) is 6.00. The van der Waals surface area contributed by atoms with Gasteiger partial charge in [-0.3, -0.25) is 4.79 Å². The van der Waals surface area contributed by atoms with Gasteiger partial charge in [-0.15, -0.1) is 11.8 Å². The van der Waals surface area contributed by atoms with Crippen molar-refractivity contribution in [1.82, 2.24) is 5.32 Å². The molecule has 0 bridgehead atoms. The van der Waals surface area contributed by atoms with E-state index in [0.29, 0.717) is 6.54 Å². The highest BCUT2D eigenvalue weighted by Crippen LogP contribution is 2.11. The molecule has 0 fully saturated rings. The summed E-state index contributed by atoms with van der Waals surface area (Å²) in [4.78, 5) is 10.9. The molecule has 1 amide bonds. The molecule has 0 atom stereocenters. The Morgan fingerprint density at radius 1 is 1.54 bits per heavy atom. The van der Waals surface area contributed by atoms with Crippen LogP contribution in [0.5, 0.6) is 0 Å². The molecule has 3 heteroatoms. The molecule has 3 N–H and O–H groups in total. The van der Waals surface area contributed by atoms with Gasteiger partial charge < -0.3 is 11.1 Å². The highest BCUT2D eigenvalue weighted by Gasteiger charge is 2.23. The van der Waals surface area contributed by atoms with E-state index < -0.39 is 5.41 Å². The molecule has 0 aromatic carbocycles. The van der Waals surface area contributed by atoms with Crippen LogP contribution in [0.2, 0.25) is 0 Å². The van der Waals surface area contributed by atoms with E-state index in [4.69, 9.17) is 5.73 Å². The number of nitrogens with two attached hydrogens (primary N) is 1. The van der Waals surface area contributed by atoms with Crippen molar-refractivity contribution in [3.05, 3.63) is 0 Å². The molecule has 0 aromatic rings. The van der Waals surface area contributed by atoms with Crippen LogP contribution in [0.3, 0.4) is 0 Å². The van der Waals surface area contributed by atoms with Gasteiger partial charge in [-0.1, -0.05) is 0 Å². The topological polar surface area (TPSA) is 55.1 Å². The minimum atomic E-state index is -0.473. The first kappa shape index (κ1) is 12.0. The number of rotatable bonds is 5. The van der Waals surface area contributed by atoms with E-state index in [1.54, 1.807) is 0 Å². The van der Waals surface area contributed by atoms with Gasteiger partial charge in [-0.25, -0.2) is 0 Å². The molecule has 0 aromatic heterocycles. The van der Waals surface area contributed by atoms with Crippen LogP contribution in [0, 0.1) is 17.3 Å². The van der Waals surface area contributed by atoms with Crippen molar-refractivity contribution >= 4 is 5.91 Å². The number of amides is 1. The summed E-state index contributed by atoms with van der Waals surface area (Å²) in [7, 11) is 0. The Bertz CT molecular complexity index is 223. The van der Waals surface area contributed by atoms with E-state index in [9.17, 15) is 4.79 Å². The molecule has 0 saturated carbocycles. The highest BCUT2D eigenvalue weighted by molar-refractivity contribution is 5.80. The van der Waals surface area contributed by atoms with E-state index in [2.05, 4.69) is 17.2 Å². The minimum Gasteiger partial charge on any atom is -0.369 e. The van der Waals surface area contributed by atoms with Crippen LogP contribution in [-0.2, 0) is 4.79 Å². The molecule has 0 unspecified atom stereocenters. The lowest BCUT2D eigenvalue weighted by Crippen LogP contribution is -2.40. The molecule has 13 heavy (non-hydrogen) atoms. The smallest absolute Gasteiger partial charge is 0.224 e. The lowest BCUT2D eigenvalue weighted by Gasteiger charge is -2.20. The number of carbonyl (C=O) groups excluding carboxylic acids is 1. The van der Waals surface area contributed by atoms with Gasteiger partial charge in [0.05, 0.1) is 5.41 Å². The molecular weight excluding hydrogens is 164 g/mol. The molecule has 0 radical (unpaired) electrons. The maximum absolute atomic E-state index is 10.9. The lowest BCUT2D eigenvalue weighted by atomic mass is 9.93. The summed E-state index contributed by atoms with van der Waals surface area (Å²) in [6, 6.07) is 0. The van der Waals surface area contributed by atoms with Crippen LogP contribution >= 0.6 is 0 Å². The van der Waals surface area contributed by atoms with Gasteiger partial charge >= 0.3 is 0 Å². The quantitative estimate of drug-likeness (QED) is 0.480. The van der Waals surface area contributed by atoms with Crippen LogP contribution in [0.15, 0.2) is 0 Å². The van der Waals surface area contributed by atoms with Crippen molar-refractivity contribution in [3.8, 4) is 11.8 Å². The SMILES string of the molecule is CC#CCCNCC(C)(C)C(N)=O. The van der Waals surface area contributed by atoms with Crippen LogP contribution in [0.4, 0.5) is 0 Å².